The molecular formula is C16H27N5O5Si. The van der Waals surface area contributed by atoms with E-state index in [0.29, 0.717) is 0 Å². The molecule has 0 spiro atoms. The van der Waals surface area contributed by atoms with E-state index in [0.717, 1.165) is 0 Å². The molecule has 0 aliphatic carbocycles. The van der Waals surface area contributed by atoms with Crippen molar-refractivity contribution in [1.82, 2.24) is 19.5 Å². The molecule has 10 nitrogen and oxygen atoms in total. The first kappa shape index (κ1) is 20.0. The first-order chi connectivity index (χ1) is 12.5. The summed E-state index contributed by atoms with van der Waals surface area (Å²) in [6.45, 7) is 9.35. The maximum atomic E-state index is 12.2. The quantitative estimate of drug-likeness (QED) is 0.496. The van der Waals surface area contributed by atoms with E-state index in [9.17, 15) is 15.0 Å². The summed E-state index contributed by atoms with van der Waals surface area (Å²) in [5.41, 5.74) is 5.08. The number of nitrogens with one attached hydrogen (secondary N) is 1. The van der Waals surface area contributed by atoms with Gasteiger partial charge in [-0.2, -0.15) is 4.98 Å². The van der Waals surface area contributed by atoms with Crippen molar-refractivity contribution < 1.29 is 19.7 Å². The number of ether oxygens (including phenoxy) is 2. The fraction of sp³-hybridized carbons (Fsp3) is 0.688. The fourth-order valence-corrected chi connectivity index (χ4v) is 5.73. The average Bonchev–Trinajstić information content (AvgIpc) is 3.07. The number of aromatic nitrogens is 4. The minimum Gasteiger partial charge on any atom is -0.394 e. The number of imidazole rings is 1. The minimum atomic E-state index is -1.82. The number of fused-ring (bicyclic) bond motifs is 1. The van der Waals surface area contributed by atoms with E-state index in [1.54, 1.807) is 4.57 Å². The Hall–Kier alpha value is -1.79. The Bertz CT molecular complexity index is 891. The van der Waals surface area contributed by atoms with Gasteiger partial charge in [0, 0.05) is 0 Å². The molecule has 1 fully saturated rings. The van der Waals surface area contributed by atoms with Crippen LogP contribution in [0, 0.1) is 0 Å². The predicted octanol–water partition coefficient (Wildman–Crippen LogP) is -0.684. The number of nitrogen functional groups attached to an aromatic ring is 1. The van der Waals surface area contributed by atoms with Gasteiger partial charge in [-0.3, -0.25) is 14.3 Å². The molecule has 5 N–H and O–H groups in total. The predicted molar refractivity (Wildman–Crippen MR) is 102 cm³/mol. The number of H-pyrrole nitrogens is 1. The zero-order valence-corrected chi connectivity index (χ0v) is 17.3. The number of rotatable bonds is 4. The summed E-state index contributed by atoms with van der Waals surface area (Å²) in [4.78, 5) is 23.0. The Morgan fingerprint density at radius 2 is 2.15 bits per heavy atom. The topological polar surface area (TPSA) is 149 Å². The van der Waals surface area contributed by atoms with Crippen molar-refractivity contribution in [1.29, 1.82) is 0 Å². The molecule has 11 heteroatoms. The van der Waals surface area contributed by atoms with Gasteiger partial charge in [-0.05, 0) is 20.8 Å². The molecule has 27 heavy (non-hydrogen) atoms. The van der Waals surface area contributed by atoms with Crippen molar-refractivity contribution in [3.05, 3.63) is 16.7 Å². The highest BCUT2D eigenvalue weighted by Crippen LogP contribution is 2.42. The van der Waals surface area contributed by atoms with Crippen LogP contribution in [-0.2, 0) is 14.8 Å². The molecule has 1 aliphatic rings. The van der Waals surface area contributed by atoms with Gasteiger partial charge in [-0.25, -0.2) is 4.98 Å². The molecule has 0 bridgehead atoms. The van der Waals surface area contributed by atoms with Crippen molar-refractivity contribution in [3.8, 4) is 0 Å². The Kier molecular flexibility index (Phi) is 4.93. The van der Waals surface area contributed by atoms with Crippen LogP contribution in [0.1, 0.15) is 20.8 Å². The van der Waals surface area contributed by atoms with Gasteiger partial charge in [-0.15, -0.1) is 0 Å². The Morgan fingerprint density at radius 1 is 1.48 bits per heavy atom. The van der Waals surface area contributed by atoms with Crippen molar-refractivity contribution in [2.24, 2.45) is 0 Å². The van der Waals surface area contributed by atoms with Gasteiger partial charge in [0.05, 0.1) is 27.3 Å². The molecule has 0 unspecified atom stereocenters. The van der Waals surface area contributed by atoms with Gasteiger partial charge in [0.15, 0.2) is 16.5 Å². The van der Waals surface area contributed by atoms with E-state index < -0.39 is 43.6 Å². The molecule has 3 heterocycles. The number of hydrogen-bond acceptors (Lipinski definition) is 8. The Balaban J connectivity index is 2.27. The van der Waals surface area contributed by atoms with Crippen LogP contribution in [0.25, 0.3) is 11.2 Å². The van der Waals surface area contributed by atoms with Gasteiger partial charge in [0.1, 0.15) is 18.3 Å². The summed E-state index contributed by atoms with van der Waals surface area (Å²) in [5.74, 6) is -0.0413. The third-order valence-corrected chi connectivity index (χ3v) is 7.13. The summed E-state index contributed by atoms with van der Waals surface area (Å²) in [6.07, 6.45) is -1.20. The number of aliphatic hydroxyl groups is 2. The molecule has 0 amide bonds. The Morgan fingerprint density at radius 3 is 2.70 bits per heavy atom. The highest BCUT2D eigenvalue weighted by molar-refractivity contribution is 6.58. The number of aliphatic hydroxyl groups excluding tert-OH is 2. The SMILES string of the molecule is C[SiH](C)[C@@]1(n2cnc3c(=O)[nH]c(N)nc32)O[C@H](CO)[C@@H](O)[C@H]1OC(C)(C)C. The summed E-state index contributed by atoms with van der Waals surface area (Å²) >= 11 is 0. The van der Waals surface area contributed by atoms with Crippen LogP contribution >= 0.6 is 0 Å². The van der Waals surface area contributed by atoms with Crippen LogP contribution in [0.4, 0.5) is 5.95 Å². The lowest BCUT2D eigenvalue weighted by atomic mass is 10.1. The van der Waals surface area contributed by atoms with E-state index >= 15 is 0 Å². The lowest BCUT2D eigenvalue weighted by molar-refractivity contribution is -0.152. The molecule has 2 aromatic heterocycles. The number of nitrogens with two attached hydrogens (primary N) is 1. The first-order valence-electron chi connectivity index (χ1n) is 8.89. The van der Waals surface area contributed by atoms with Crippen LogP contribution in [0.2, 0.25) is 13.1 Å². The van der Waals surface area contributed by atoms with E-state index in [4.69, 9.17) is 15.2 Å². The second kappa shape index (κ2) is 6.67. The zero-order valence-electron chi connectivity index (χ0n) is 16.1. The standard InChI is InChI=1S/C16H27N5O5Si/c1-15(2,3)26-11-10(23)8(6-22)25-16(11,27(4)5)21-7-18-9-12(21)19-14(17)20-13(9)24/h7-8,10-11,22-23,27H,6H2,1-5H3,(H3,17,19,20,24)/t8-,10-,11-,16+/m1/s1. The van der Waals surface area contributed by atoms with E-state index in [1.165, 1.54) is 6.33 Å². The first-order valence-corrected chi connectivity index (χ1v) is 11.8. The number of hydrogen-bond donors (Lipinski definition) is 4. The third kappa shape index (κ3) is 3.19. The monoisotopic (exact) mass is 397 g/mol. The zero-order chi connectivity index (χ0) is 20.1. The molecular weight excluding hydrogens is 370 g/mol. The normalized spacial score (nSPS) is 29.1. The molecule has 0 aromatic carbocycles. The van der Waals surface area contributed by atoms with Gasteiger partial charge < -0.3 is 25.4 Å². The summed E-state index contributed by atoms with van der Waals surface area (Å²) in [7, 11) is -1.82. The molecule has 0 saturated carbocycles. The van der Waals surface area contributed by atoms with Crippen LogP contribution < -0.4 is 11.3 Å². The minimum absolute atomic E-state index is 0.0413. The molecule has 4 atom stereocenters. The van der Waals surface area contributed by atoms with Crippen LogP contribution in [0.15, 0.2) is 11.1 Å². The number of aromatic amines is 1. The summed E-state index contributed by atoms with van der Waals surface area (Å²) < 4.78 is 14.1. The molecule has 1 aliphatic heterocycles. The van der Waals surface area contributed by atoms with Gasteiger partial charge in [0.2, 0.25) is 5.95 Å². The second-order valence-corrected chi connectivity index (χ2v) is 11.3. The van der Waals surface area contributed by atoms with Crippen molar-refractivity contribution in [2.45, 2.75) is 63.1 Å². The molecule has 1 saturated heterocycles. The number of nitrogens with zero attached hydrogens (tertiary/aromatic N) is 3. The smallest absolute Gasteiger partial charge is 0.280 e. The third-order valence-electron chi connectivity index (χ3n) is 4.73. The van der Waals surface area contributed by atoms with Crippen molar-refractivity contribution in [2.75, 3.05) is 12.3 Å². The maximum absolute atomic E-state index is 12.2. The van der Waals surface area contributed by atoms with Crippen LogP contribution in [0.3, 0.4) is 0 Å². The van der Waals surface area contributed by atoms with Crippen LogP contribution in [-0.4, -0.2) is 69.0 Å². The average molecular weight is 398 g/mol. The van der Waals surface area contributed by atoms with Gasteiger partial charge in [0.25, 0.3) is 5.56 Å². The van der Waals surface area contributed by atoms with Gasteiger partial charge in [-0.1, -0.05) is 13.1 Å². The molecule has 150 valence electrons. The molecule has 2 aromatic rings. The van der Waals surface area contributed by atoms with Crippen molar-refractivity contribution >= 4 is 25.9 Å². The Labute approximate surface area is 157 Å². The lowest BCUT2D eigenvalue weighted by Crippen LogP contribution is -2.57. The summed E-state index contributed by atoms with van der Waals surface area (Å²) in [5, 5.41) is 19.5. The highest BCUT2D eigenvalue weighted by Gasteiger charge is 2.60. The van der Waals surface area contributed by atoms with E-state index in [2.05, 4.69) is 15.0 Å². The maximum Gasteiger partial charge on any atom is 0.280 e. The van der Waals surface area contributed by atoms with Gasteiger partial charge >= 0.3 is 0 Å². The van der Waals surface area contributed by atoms with E-state index in [-0.39, 0.29) is 23.7 Å². The largest absolute Gasteiger partial charge is 0.394 e. The fourth-order valence-electron chi connectivity index (χ4n) is 3.62. The summed E-state index contributed by atoms with van der Waals surface area (Å²) in [6, 6.07) is 0. The van der Waals surface area contributed by atoms with Crippen LogP contribution in [0.5, 0.6) is 0 Å². The van der Waals surface area contributed by atoms with E-state index in [1.807, 2.05) is 33.9 Å². The highest BCUT2D eigenvalue weighted by atomic mass is 28.3. The molecule has 0 radical (unpaired) electrons. The molecule has 3 rings (SSSR count). The number of anilines is 1. The second-order valence-electron chi connectivity index (χ2n) is 8.12. The lowest BCUT2D eigenvalue weighted by Gasteiger charge is -2.41. The van der Waals surface area contributed by atoms with Crippen molar-refractivity contribution in [3.63, 3.8) is 0 Å².